The Balaban J connectivity index is 4.56. The number of nitrogens with zero attached hydrogens (tertiary/aromatic N) is 3. The Bertz CT molecular complexity index is 286. The van der Waals surface area contributed by atoms with E-state index in [9.17, 15) is 0 Å². The van der Waals surface area contributed by atoms with Gasteiger partial charge in [0.2, 0.25) is 0 Å². The van der Waals surface area contributed by atoms with E-state index in [1.165, 1.54) is 25.9 Å². The maximum atomic E-state index is 5.59. The lowest BCUT2D eigenvalue weighted by molar-refractivity contribution is 0.117. The summed E-state index contributed by atoms with van der Waals surface area (Å²) in [6.45, 7) is 19.0. The molecule has 6 nitrogen and oxygen atoms in total. The molecule has 0 aliphatic carbocycles. The Morgan fingerprint density at radius 3 is 1.19 bits per heavy atom. The van der Waals surface area contributed by atoms with Crippen molar-refractivity contribution in [1.29, 1.82) is 0 Å². The van der Waals surface area contributed by atoms with Crippen LogP contribution in [0, 0.1) is 0 Å². The highest BCUT2D eigenvalue weighted by atomic mass is 28.4. The minimum absolute atomic E-state index is 0.840. The standard InChI is InChI=1S/C19H45N3O3Si/c1-8-20(9-2)14-12-16-22(17-13-15-21(10-3)11-4)18-19-26(23-5,24-6)25-7/h8-19H2,1-7H3. The minimum Gasteiger partial charge on any atom is -0.377 e. The Morgan fingerprint density at radius 1 is 0.538 bits per heavy atom. The van der Waals surface area contributed by atoms with Gasteiger partial charge in [0.1, 0.15) is 0 Å². The summed E-state index contributed by atoms with van der Waals surface area (Å²) < 4.78 is 16.8. The molecule has 26 heavy (non-hydrogen) atoms. The molecule has 0 rings (SSSR count). The van der Waals surface area contributed by atoms with E-state index in [-0.39, 0.29) is 0 Å². The van der Waals surface area contributed by atoms with Crippen LogP contribution in [0.3, 0.4) is 0 Å². The molecule has 0 unspecified atom stereocenters. The first-order valence-corrected chi connectivity index (χ1v) is 12.3. The zero-order chi connectivity index (χ0) is 19.8. The van der Waals surface area contributed by atoms with Crippen molar-refractivity contribution in [2.75, 3.05) is 80.2 Å². The van der Waals surface area contributed by atoms with E-state index >= 15 is 0 Å². The van der Waals surface area contributed by atoms with Gasteiger partial charge in [-0.1, -0.05) is 27.7 Å². The highest BCUT2D eigenvalue weighted by molar-refractivity contribution is 6.60. The molecule has 0 N–H and O–H groups in total. The van der Waals surface area contributed by atoms with Gasteiger partial charge in [0.05, 0.1) is 0 Å². The van der Waals surface area contributed by atoms with Crippen LogP contribution in [-0.4, -0.2) is 104 Å². The summed E-state index contributed by atoms with van der Waals surface area (Å²) in [4.78, 5) is 7.55. The van der Waals surface area contributed by atoms with Gasteiger partial charge in [-0.2, -0.15) is 0 Å². The first-order valence-electron chi connectivity index (χ1n) is 10.4. The Morgan fingerprint density at radius 2 is 0.885 bits per heavy atom. The third kappa shape index (κ3) is 10.3. The van der Waals surface area contributed by atoms with Gasteiger partial charge in [-0.25, -0.2) is 0 Å². The monoisotopic (exact) mass is 391 g/mol. The fraction of sp³-hybridized carbons (Fsp3) is 1.00. The van der Waals surface area contributed by atoms with Crippen molar-refractivity contribution in [2.45, 2.75) is 46.6 Å². The molecule has 0 aromatic heterocycles. The van der Waals surface area contributed by atoms with Crippen molar-refractivity contribution in [3.63, 3.8) is 0 Å². The fourth-order valence-corrected chi connectivity index (χ4v) is 5.00. The fourth-order valence-electron chi connectivity index (χ4n) is 3.30. The van der Waals surface area contributed by atoms with Gasteiger partial charge in [0, 0.05) is 33.9 Å². The molecule has 158 valence electrons. The van der Waals surface area contributed by atoms with E-state index in [2.05, 4.69) is 42.4 Å². The summed E-state index contributed by atoms with van der Waals surface area (Å²) in [5, 5.41) is 0. The highest BCUT2D eigenvalue weighted by Crippen LogP contribution is 2.14. The molecule has 0 aliphatic rings. The zero-order valence-electron chi connectivity index (χ0n) is 18.6. The number of rotatable bonds is 18. The average Bonchev–Trinajstić information content (AvgIpc) is 2.69. The van der Waals surface area contributed by atoms with Crippen molar-refractivity contribution in [3.8, 4) is 0 Å². The van der Waals surface area contributed by atoms with Gasteiger partial charge in [-0.15, -0.1) is 0 Å². The van der Waals surface area contributed by atoms with E-state index in [1.54, 1.807) is 21.3 Å². The van der Waals surface area contributed by atoms with E-state index in [4.69, 9.17) is 13.3 Å². The van der Waals surface area contributed by atoms with Gasteiger partial charge in [-0.3, -0.25) is 0 Å². The Hall–Kier alpha value is -0.0231. The molecular weight excluding hydrogens is 346 g/mol. The molecule has 0 aromatic rings. The van der Waals surface area contributed by atoms with Gasteiger partial charge in [-0.05, 0) is 65.2 Å². The SMILES string of the molecule is CCN(CC)CCCN(CCCN(CC)CC)CC[Si](OC)(OC)OC. The quantitative estimate of drug-likeness (QED) is 0.334. The molecule has 0 bridgehead atoms. The second-order valence-corrected chi connectivity index (χ2v) is 9.74. The molecule has 7 heteroatoms. The Labute approximate surface area is 164 Å². The molecule has 0 radical (unpaired) electrons. The molecule has 0 saturated heterocycles. The molecule has 0 atom stereocenters. The Kier molecular flexibility index (Phi) is 16.0. The summed E-state index contributed by atoms with van der Waals surface area (Å²) in [7, 11) is 2.60. The lowest BCUT2D eigenvalue weighted by Crippen LogP contribution is -2.46. The van der Waals surface area contributed by atoms with Crippen LogP contribution in [0.5, 0.6) is 0 Å². The van der Waals surface area contributed by atoms with Crippen molar-refractivity contribution in [1.82, 2.24) is 14.7 Å². The molecule has 0 spiro atoms. The van der Waals surface area contributed by atoms with Gasteiger partial charge in [0.25, 0.3) is 0 Å². The highest BCUT2D eigenvalue weighted by Gasteiger charge is 2.37. The summed E-state index contributed by atoms with van der Waals surface area (Å²) >= 11 is 0. The molecule has 0 saturated carbocycles. The molecule has 0 aliphatic heterocycles. The van der Waals surface area contributed by atoms with Crippen LogP contribution in [0.25, 0.3) is 0 Å². The number of hydrogen-bond acceptors (Lipinski definition) is 6. The predicted octanol–water partition coefficient (Wildman–Crippen LogP) is 2.63. The topological polar surface area (TPSA) is 37.4 Å². The summed E-state index contributed by atoms with van der Waals surface area (Å²) in [5.41, 5.74) is 0. The molecule has 0 aromatic carbocycles. The maximum absolute atomic E-state index is 5.59. The lowest BCUT2D eigenvalue weighted by atomic mass is 10.3. The summed E-state index contributed by atoms with van der Waals surface area (Å²) in [6, 6.07) is 0.840. The van der Waals surface area contributed by atoms with Crippen molar-refractivity contribution >= 4 is 8.80 Å². The minimum atomic E-state index is -2.49. The third-order valence-corrected chi connectivity index (χ3v) is 8.06. The second-order valence-electron chi connectivity index (χ2n) is 6.65. The van der Waals surface area contributed by atoms with Crippen LogP contribution < -0.4 is 0 Å². The largest absolute Gasteiger partial charge is 0.501 e. The second kappa shape index (κ2) is 16.0. The zero-order valence-corrected chi connectivity index (χ0v) is 19.6. The smallest absolute Gasteiger partial charge is 0.377 e. The van der Waals surface area contributed by atoms with E-state index < -0.39 is 8.80 Å². The predicted molar refractivity (Wildman–Crippen MR) is 113 cm³/mol. The van der Waals surface area contributed by atoms with Gasteiger partial charge in [0.15, 0.2) is 0 Å². The first-order chi connectivity index (χ1) is 12.5. The summed E-state index contributed by atoms with van der Waals surface area (Å²) in [6.07, 6.45) is 2.41. The van der Waals surface area contributed by atoms with Crippen LogP contribution in [0.15, 0.2) is 0 Å². The molecule has 0 amide bonds. The van der Waals surface area contributed by atoms with E-state index in [0.717, 1.165) is 51.9 Å². The van der Waals surface area contributed by atoms with Crippen LogP contribution in [0.2, 0.25) is 6.04 Å². The average molecular weight is 392 g/mol. The van der Waals surface area contributed by atoms with Crippen LogP contribution in [-0.2, 0) is 13.3 Å². The van der Waals surface area contributed by atoms with E-state index in [1.807, 2.05) is 0 Å². The molecular formula is C19H45N3O3Si. The number of hydrogen-bond donors (Lipinski definition) is 0. The van der Waals surface area contributed by atoms with Crippen molar-refractivity contribution < 1.29 is 13.3 Å². The van der Waals surface area contributed by atoms with Crippen LogP contribution in [0.1, 0.15) is 40.5 Å². The molecule has 0 heterocycles. The maximum Gasteiger partial charge on any atom is 0.501 e. The van der Waals surface area contributed by atoms with Gasteiger partial charge >= 0.3 is 8.80 Å². The molecule has 0 fully saturated rings. The van der Waals surface area contributed by atoms with Crippen LogP contribution in [0.4, 0.5) is 0 Å². The van der Waals surface area contributed by atoms with Crippen molar-refractivity contribution in [3.05, 3.63) is 0 Å². The lowest BCUT2D eigenvalue weighted by Gasteiger charge is -2.30. The van der Waals surface area contributed by atoms with Crippen LogP contribution >= 0.6 is 0 Å². The first kappa shape index (κ1) is 26.0. The third-order valence-electron chi connectivity index (χ3n) is 5.35. The van der Waals surface area contributed by atoms with E-state index in [0.29, 0.717) is 0 Å². The normalized spacial score (nSPS) is 12.7. The summed E-state index contributed by atoms with van der Waals surface area (Å²) in [5.74, 6) is 0. The van der Waals surface area contributed by atoms with Crippen molar-refractivity contribution in [2.24, 2.45) is 0 Å². The van der Waals surface area contributed by atoms with Gasteiger partial charge < -0.3 is 28.0 Å².